The molecule has 0 aliphatic heterocycles. The maximum absolute atomic E-state index is 10.9. The van der Waals surface area contributed by atoms with Crippen LogP contribution in [0.15, 0.2) is 74.1 Å². The number of halogens is 3. The molecule has 0 bridgehead atoms. The number of rotatable bonds is 7. The average molecular weight is 571 g/mol. The molecule has 0 fully saturated rings. The van der Waals surface area contributed by atoms with E-state index in [0.717, 1.165) is 30.3 Å². The van der Waals surface area contributed by atoms with Gasteiger partial charge in [0.25, 0.3) is 5.69 Å². The van der Waals surface area contributed by atoms with Crippen LogP contribution in [0.4, 0.5) is 11.4 Å². The topological polar surface area (TPSA) is 64.4 Å². The van der Waals surface area contributed by atoms with Crippen LogP contribution in [-0.4, -0.2) is 4.92 Å². The highest BCUT2D eigenvalue weighted by Crippen LogP contribution is 2.35. The number of nitro groups is 1. The Morgan fingerprint density at radius 2 is 1.61 bits per heavy atom. The minimum absolute atomic E-state index is 0.0593. The molecular formula is C20H15Br3N2O3. The van der Waals surface area contributed by atoms with Gasteiger partial charge < -0.3 is 10.1 Å². The lowest BCUT2D eigenvalue weighted by Gasteiger charge is -2.13. The third kappa shape index (κ3) is 5.56. The smallest absolute Gasteiger partial charge is 0.271 e. The quantitative estimate of drug-likeness (QED) is 0.244. The van der Waals surface area contributed by atoms with Crippen molar-refractivity contribution in [2.45, 2.75) is 13.2 Å². The molecule has 0 spiro atoms. The fourth-order valence-corrected chi connectivity index (χ4v) is 4.30. The van der Waals surface area contributed by atoms with E-state index < -0.39 is 4.92 Å². The molecule has 0 aliphatic rings. The molecule has 0 saturated carbocycles. The van der Waals surface area contributed by atoms with Gasteiger partial charge in [-0.2, -0.15) is 0 Å². The lowest BCUT2D eigenvalue weighted by Crippen LogP contribution is -2.02. The number of hydrogen-bond donors (Lipinski definition) is 1. The van der Waals surface area contributed by atoms with Crippen molar-refractivity contribution in [1.29, 1.82) is 0 Å². The first-order valence-electron chi connectivity index (χ1n) is 8.26. The van der Waals surface area contributed by atoms with Crippen LogP contribution < -0.4 is 10.1 Å². The Morgan fingerprint density at radius 1 is 0.929 bits per heavy atom. The minimum atomic E-state index is -0.407. The summed E-state index contributed by atoms with van der Waals surface area (Å²) < 4.78 is 8.63. The summed E-state index contributed by atoms with van der Waals surface area (Å²) in [6.07, 6.45) is 0. The van der Waals surface area contributed by atoms with E-state index in [1.807, 2.05) is 36.4 Å². The predicted octanol–water partition coefficient (Wildman–Crippen LogP) is 7.07. The third-order valence-electron chi connectivity index (χ3n) is 3.91. The van der Waals surface area contributed by atoms with Crippen LogP contribution in [0.3, 0.4) is 0 Å². The van der Waals surface area contributed by atoms with Crippen molar-refractivity contribution in [3.05, 3.63) is 95.3 Å². The zero-order chi connectivity index (χ0) is 20.1. The van der Waals surface area contributed by atoms with Gasteiger partial charge in [-0.05, 0) is 73.3 Å². The summed E-state index contributed by atoms with van der Waals surface area (Å²) in [5.74, 6) is 0.724. The molecule has 0 saturated heterocycles. The van der Waals surface area contributed by atoms with Gasteiger partial charge in [-0.1, -0.05) is 34.1 Å². The van der Waals surface area contributed by atoms with Gasteiger partial charge in [-0.25, -0.2) is 0 Å². The molecule has 0 amide bonds. The van der Waals surface area contributed by atoms with Gasteiger partial charge in [-0.3, -0.25) is 10.1 Å². The largest absolute Gasteiger partial charge is 0.487 e. The molecule has 0 heterocycles. The van der Waals surface area contributed by atoms with Crippen molar-refractivity contribution in [2.24, 2.45) is 0 Å². The summed E-state index contributed by atoms with van der Waals surface area (Å²) in [5.41, 5.74) is 2.82. The molecule has 3 aromatic rings. The fourth-order valence-electron chi connectivity index (χ4n) is 2.52. The fraction of sp³-hybridized carbons (Fsp3) is 0.100. The minimum Gasteiger partial charge on any atom is -0.487 e. The Bertz CT molecular complexity index is 971. The molecule has 0 atom stereocenters. The second-order valence-corrected chi connectivity index (χ2v) is 8.59. The number of nitrogens with one attached hydrogen (secondary N) is 1. The van der Waals surface area contributed by atoms with Crippen molar-refractivity contribution in [3.8, 4) is 5.75 Å². The number of nitrogens with zero attached hydrogens (tertiary/aromatic N) is 1. The maximum Gasteiger partial charge on any atom is 0.271 e. The van der Waals surface area contributed by atoms with Crippen molar-refractivity contribution >= 4 is 59.2 Å². The van der Waals surface area contributed by atoms with Crippen molar-refractivity contribution in [2.75, 3.05) is 5.32 Å². The monoisotopic (exact) mass is 568 g/mol. The molecule has 0 aliphatic carbocycles. The highest BCUT2D eigenvalue weighted by molar-refractivity contribution is 9.11. The van der Waals surface area contributed by atoms with E-state index in [-0.39, 0.29) is 5.69 Å². The van der Waals surface area contributed by atoms with Gasteiger partial charge in [0.15, 0.2) is 0 Å². The maximum atomic E-state index is 10.9. The lowest BCUT2D eigenvalue weighted by molar-refractivity contribution is -0.384. The molecule has 5 nitrogen and oxygen atoms in total. The van der Waals surface area contributed by atoms with Gasteiger partial charge in [0.2, 0.25) is 0 Å². The Balaban J connectivity index is 1.66. The van der Waals surface area contributed by atoms with Gasteiger partial charge in [0.05, 0.1) is 13.9 Å². The molecule has 0 unspecified atom stereocenters. The molecule has 144 valence electrons. The number of hydrogen-bond acceptors (Lipinski definition) is 4. The van der Waals surface area contributed by atoms with Gasteiger partial charge >= 0.3 is 0 Å². The molecule has 0 aromatic heterocycles. The number of anilines is 1. The highest BCUT2D eigenvalue weighted by atomic mass is 79.9. The molecule has 3 aromatic carbocycles. The summed E-state index contributed by atoms with van der Waals surface area (Å²) in [5, 5.41) is 14.1. The van der Waals surface area contributed by atoms with Crippen LogP contribution in [-0.2, 0) is 13.2 Å². The van der Waals surface area contributed by atoms with Crippen LogP contribution in [0.1, 0.15) is 11.1 Å². The van der Waals surface area contributed by atoms with Crippen LogP contribution in [0.25, 0.3) is 0 Å². The van der Waals surface area contributed by atoms with Crippen molar-refractivity contribution in [1.82, 2.24) is 0 Å². The highest BCUT2D eigenvalue weighted by Gasteiger charge is 2.10. The van der Waals surface area contributed by atoms with E-state index in [1.54, 1.807) is 12.1 Å². The van der Waals surface area contributed by atoms with Crippen molar-refractivity contribution in [3.63, 3.8) is 0 Å². The number of ether oxygens (including phenoxy) is 1. The summed E-state index contributed by atoms with van der Waals surface area (Å²) in [7, 11) is 0. The number of benzene rings is 3. The second-order valence-electron chi connectivity index (χ2n) is 5.96. The summed E-state index contributed by atoms with van der Waals surface area (Å²) >= 11 is 10.5. The van der Waals surface area contributed by atoms with E-state index >= 15 is 0 Å². The van der Waals surface area contributed by atoms with Gasteiger partial charge in [0.1, 0.15) is 12.4 Å². The Kier molecular flexibility index (Phi) is 7.09. The normalized spacial score (nSPS) is 10.5. The second kappa shape index (κ2) is 9.54. The van der Waals surface area contributed by atoms with E-state index in [4.69, 9.17) is 4.74 Å². The first-order valence-corrected chi connectivity index (χ1v) is 10.6. The van der Waals surface area contributed by atoms with E-state index in [1.165, 1.54) is 12.1 Å². The third-order valence-corrected chi connectivity index (χ3v) is 5.61. The first-order chi connectivity index (χ1) is 13.4. The molecule has 28 heavy (non-hydrogen) atoms. The summed E-state index contributed by atoms with van der Waals surface area (Å²) in [6, 6.07) is 18.3. The standard InChI is InChI=1S/C20H15Br3N2O3/c21-15-6-4-13(5-7-15)12-28-20-18(22)8-14(9-19(20)23)11-24-16-2-1-3-17(10-16)25(26)27/h1-10,24H,11-12H2. The SMILES string of the molecule is O=[N+]([O-])c1cccc(NCc2cc(Br)c(OCc3ccc(Br)cc3)c(Br)c2)c1. The van der Waals surface area contributed by atoms with Crippen LogP contribution in [0, 0.1) is 10.1 Å². The molecule has 0 radical (unpaired) electrons. The Labute approximate surface area is 187 Å². The summed E-state index contributed by atoms with van der Waals surface area (Å²) in [4.78, 5) is 10.5. The Hall–Kier alpha value is -1.90. The number of non-ortho nitro benzene ring substituents is 1. The van der Waals surface area contributed by atoms with Gasteiger partial charge in [0, 0.05) is 28.8 Å². The number of nitro benzene ring substituents is 1. The first kappa shape index (κ1) is 20.8. The zero-order valence-corrected chi connectivity index (χ0v) is 19.3. The van der Waals surface area contributed by atoms with E-state index in [0.29, 0.717) is 18.8 Å². The molecule has 8 heteroatoms. The van der Waals surface area contributed by atoms with E-state index in [9.17, 15) is 10.1 Å². The zero-order valence-electron chi connectivity index (χ0n) is 14.5. The lowest BCUT2D eigenvalue weighted by atomic mass is 10.2. The van der Waals surface area contributed by atoms with Crippen LogP contribution in [0.2, 0.25) is 0 Å². The molecule has 3 rings (SSSR count). The van der Waals surface area contributed by atoms with Crippen molar-refractivity contribution < 1.29 is 9.66 Å². The van der Waals surface area contributed by atoms with Crippen LogP contribution >= 0.6 is 47.8 Å². The predicted molar refractivity (Wildman–Crippen MR) is 121 cm³/mol. The Morgan fingerprint density at radius 3 is 2.25 bits per heavy atom. The molecular weight excluding hydrogens is 556 g/mol. The van der Waals surface area contributed by atoms with Crippen LogP contribution in [0.5, 0.6) is 5.75 Å². The average Bonchev–Trinajstić information content (AvgIpc) is 2.67. The van der Waals surface area contributed by atoms with Gasteiger partial charge in [-0.15, -0.1) is 0 Å². The summed E-state index contributed by atoms with van der Waals surface area (Å²) in [6.45, 7) is 0.973. The molecule has 1 N–H and O–H groups in total. The van der Waals surface area contributed by atoms with E-state index in [2.05, 4.69) is 53.1 Å².